The Kier molecular flexibility index (Phi) is 3.72. The number of nitriles is 1. The Morgan fingerprint density at radius 3 is 1.96 bits per heavy atom. The lowest BCUT2D eigenvalue weighted by Crippen LogP contribution is -2.12. The Labute approximate surface area is 157 Å². The molecule has 0 amide bonds. The van der Waals surface area contributed by atoms with Gasteiger partial charge in [-0.25, -0.2) is 0 Å². The van der Waals surface area contributed by atoms with E-state index in [9.17, 15) is 30.3 Å². The molecule has 1 aliphatic carbocycles. The van der Waals surface area contributed by atoms with Crippen LogP contribution >= 0.6 is 0 Å². The van der Waals surface area contributed by atoms with Crippen LogP contribution in [0.3, 0.4) is 0 Å². The molecule has 0 saturated heterocycles. The molecule has 0 spiro atoms. The summed E-state index contributed by atoms with van der Waals surface area (Å²) in [5, 5.41) is 33.6. The number of nitro benzene ring substituents is 2. The highest BCUT2D eigenvalue weighted by Crippen LogP contribution is 2.41. The molecule has 28 heavy (non-hydrogen) atoms. The van der Waals surface area contributed by atoms with Gasteiger partial charge in [-0.15, -0.1) is 0 Å². The fourth-order valence-corrected chi connectivity index (χ4v) is 3.46. The van der Waals surface area contributed by atoms with Gasteiger partial charge >= 0.3 is 0 Å². The summed E-state index contributed by atoms with van der Waals surface area (Å²) >= 11 is 0. The molecule has 0 aliphatic heterocycles. The van der Waals surface area contributed by atoms with E-state index in [1.54, 1.807) is 24.3 Å². The van der Waals surface area contributed by atoms with Gasteiger partial charge in [0.2, 0.25) is 0 Å². The molecule has 0 saturated carbocycles. The molecular formula is C20H9N3O5. The van der Waals surface area contributed by atoms with Crippen LogP contribution in [-0.2, 0) is 0 Å². The number of nitro groups is 2. The van der Waals surface area contributed by atoms with Gasteiger partial charge in [-0.1, -0.05) is 36.4 Å². The molecule has 0 fully saturated rings. The SMILES string of the molecule is N#CC1=C(c2cc([N+](=O)[O-])cc([N+](=O)[O-])c2)C(=O)c2cccc3cccc1c23. The van der Waals surface area contributed by atoms with Crippen molar-refractivity contribution in [3.8, 4) is 6.07 Å². The fourth-order valence-electron chi connectivity index (χ4n) is 3.46. The van der Waals surface area contributed by atoms with Gasteiger partial charge in [-0.3, -0.25) is 25.0 Å². The Balaban J connectivity index is 2.10. The predicted molar refractivity (Wildman–Crippen MR) is 100 cm³/mol. The zero-order valence-corrected chi connectivity index (χ0v) is 14.1. The Bertz CT molecular complexity index is 1260. The van der Waals surface area contributed by atoms with Gasteiger partial charge in [0.05, 0.1) is 21.5 Å². The number of Topliss-reactive ketones (excluding diaryl/α,β-unsaturated/α-hetero) is 1. The van der Waals surface area contributed by atoms with Crippen molar-refractivity contribution in [2.45, 2.75) is 0 Å². The second-order valence-electron chi connectivity index (χ2n) is 6.15. The summed E-state index contributed by atoms with van der Waals surface area (Å²) in [6.07, 6.45) is 0. The summed E-state index contributed by atoms with van der Waals surface area (Å²) in [6, 6.07) is 15.3. The number of ketones is 1. The van der Waals surface area contributed by atoms with Crippen molar-refractivity contribution in [1.82, 2.24) is 0 Å². The maximum absolute atomic E-state index is 13.2. The number of nitrogens with zero attached hydrogens (tertiary/aromatic N) is 3. The average molecular weight is 371 g/mol. The lowest BCUT2D eigenvalue weighted by Gasteiger charge is -2.19. The van der Waals surface area contributed by atoms with Crippen LogP contribution in [0.4, 0.5) is 11.4 Å². The quantitative estimate of drug-likeness (QED) is 0.499. The molecule has 4 rings (SSSR count). The van der Waals surface area contributed by atoms with Crippen LogP contribution in [0.5, 0.6) is 0 Å². The number of rotatable bonds is 3. The average Bonchev–Trinajstić information content (AvgIpc) is 2.69. The van der Waals surface area contributed by atoms with Crippen LogP contribution in [0, 0.1) is 31.6 Å². The molecule has 8 nitrogen and oxygen atoms in total. The number of benzene rings is 3. The third kappa shape index (κ3) is 2.42. The molecule has 0 bridgehead atoms. The van der Waals surface area contributed by atoms with Gasteiger partial charge in [0, 0.05) is 39.8 Å². The Morgan fingerprint density at radius 1 is 0.857 bits per heavy atom. The molecular weight excluding hydrogens is 362 g/mol. The Hall–Kier alpha value is -4.38. The summed E-state index contributed by atoms with van der Waals surface area (Å²) in [5.41, 5.74) is -0.285. The van der Waals surface area contributed by atoms with E-state index in [-0.39, 0.29) is 16.7 Å². The summed E-state index contributed by atoms with van der Waals surface area (Å²) in [4.78, 5) is 34.1. The van der Waals surface area contributed by atoms with Crippen LogP contribution in [0.1, 0.15) is 21.5 Å². The molecule has 0 heterocycles. The summed E-state index contributed by atoms with van der Waals surface area (Å²) in [5.74, 6) is -0.504. The minimum atomic E-state index is -0.773. The number of allylic oxidation sites excluding steroid dienone is 2. The molecule has 0 aromatic heterocycles. The predicted octanol–water partition coefficient (Wildman–Crippen LogP) is 4.29. The van der Waals surface area contributed by atoms with Crippen molar-refractivity contribution < 1.29 is 14.6 Å². The van der Waals surface area contributed by atoms with Gasteiger partial charge < -0.3 is 0 Å². The van der Waals surface area contributed by atoms with E-state index >= 15 is 0 Å². The Morgan fingerprint density at radius 2 is 1.43 bits per heavy atom. The standard InChI is InChI=1S/C20H9N3O5/c21-10-17-15-5-1-3-11-4-2-6-16(18(11)15)20(24)19(17)12-7-13(22(25)26)9-14(8-12)23(27)28/h1-9H. The second-order valence-corrected chi connectivity index (χ2v) is 6.15. The third-order valence-corrected chi connectivity index (χ3v) is 4.62. The van der Waals surface area contributed by atoms with E-state index in [2.05, 4.69) is 0 Å². The molecule has 134 valence electrons. The fraction of sp³-hybridized carbons (Fsp3) is 0. The molecule has 0 N–H and O–H groups in total. The number of carbonyl (C=O) groups excluding carboxylic acids is 1. The van der Waals surface area contributed by atoms with Crippen molar-refractivity contribution in [1.29, 1.82) is 5.26 Å². The smallest absolute Gasteiger partial charge is 0.276 e. The monoisotopic (exact) mass is 371 g/mol. The highest BCUT2D eigenvalue weighted by Gasteiger charge is 2.31. The first-order valence-corrected chi connectivity index (χ1v) is 8.08. The van der Waals surface area contributed by atoms with E-state index in [0.29, 0.717) is 16.5 Å². The van der Waals surface area contributed by atoms with Crippen LogP contribution in [0.2, 0.25) is 0 Å². The molecule has 8 heteroatoms. The van der Waals surface area contributed by atoms with E-state index in [0.717, 1.165) is 23.6 Å². The lowest BCUT2D eigenvalue weighted by molar-refractivity contribution is -0.394. The van der Waals surface area contributed by atoms with Gasteiger partial charge in [0.15, 0.2) is 5.78 Å². The lowest BCUT2D eigenvalue weighted by atomic mass is 9.80. The first-order chi connectivity index (χ1) is 13.4. The minimum Gasteiger partial charge on any atom is -0.289 e. The summed E-state index contributed by atoms with van der Waals surface area (Å²) in [7, 11) is 0. The van der Waals surface area contributed by atoms with Crippen LogP contribution in [0.25, 0.3) is 21.9 Å². The summed E-state index contributed by atoms with van der Waals surface area (Å²) in [6.45, 7) is 0. The largest absolute Gasteiger partial charge is 0.289 e. The molecule has 3 aromatic carbocycles. The molecule has 3 aromatic rings. The zero-order chi connectivity index (χ0) is 20.0. The number of non-ortho nitro benzene ring substituents is 2. The van der Waals surface area contributed by atoms with Crippen LogP contribution < -0.4 is 0 Å². The molecule has 0 atom stereocenters. The summed E-state index contributed by atoms with van der Waals surface area (Å²) < 4.78 is 0. The maximum Gasteiger partial charge on any atom is 0.276 e. The second kappa shape index (κ2) is 6.10. The van der Waals surface area contributed by atoms with Crippen molar-refractivity contribution >= 4 is 39.1 Å². The van der Waals surface area contributed by atoms with E-state index in [4.69, 9.17) is 0 Å². The minimum absolute atomic E-state index is 0.0316. The highest BCUT2D eigenvalue weighted by atomic mass is 16.6. The first kappa shape index (κ1) is 17.1. The van der Waals surface area contributed by atoms with Crippen LogP contribution in [-0.4, -0.2) is 15.6 Å². The normalized spacial score (nSPS) is 12.8. The van der Waals surface area contributed by atoms with Crippen molar-refractivity contribution in [2.75, 3.05) is 0 Å². The van der Waals surface area contributed by atoms with Gasteiger partial charge in [-0.05, 0) is 5.39 Å². The maximum atomic E-state index is 13.2. The highest BCUT2D eigenvalue weighted by molar-refractivity contribution is 6.42. The third-order valence-electron chi connectivity index (χ3n) is 4.62. The van der Waals surface area contributed by atoms with E-state index < -0.39 is 27.0 Å². The number of hydrogen-bond acceptors (Lipinski definition) is 6. The van der Waals surface area contributed by atoms with Crippen LogP contribution in [0.15, 0.2) is 54.6 Å². The molecule has 0 unspecified atom stereocenters. The van der Waals surface area contributed by atoms with Crippen molar-refractivity contribution in [2.24, 2.45) is 0 Å². The van der Waals surface area contributed by atoms with E-state index in [1.807, 2.05) is 18.2 Å². The number of hydrogen-bond donors (Lipinski definition) is 0. The van der Waals surface area contributed by atoms with Gasteiger partial charge in [0.1, 0.15) is 6.07 Å². The zero-order valence-electron chi connectivity index (χ0n) is 14.1. The topological polar surface area (TPSA) is 127 Å². The molecule has 1 aliphatic rings. The van der Waals surface area contributed by atoms with Gasteiger partial charge in [0.25, 0.3) is 11.4 Å². The first-order valence-electron chi connectivity index (χ1n) is 8.08. The van der Waals surface area contributed by atoms with E-state index in [1.165, 1.54) is 0 Å². The van der Waals surface area contributed by atoms with Crippen molar-refractivity contribution in [3.63, 3.8) is 0 Å². The molecule has 0 radical (unpaired) electrons. The number of carbonyl (C=O) groups is 1. The van der Waals surface area contributed by atoms with Crippen molar-refractivity contribution in [3.05, 3.63) is 91.5 Å². The van der Waals surface area contributed by atoms with Gasteiger partial charge in [-0.2, -0.15) is 5.26 Å².